The Balaban J connectivity index is 0.00000220. The third-order valence-corrected chi connectivity index (χ3v) is 2.98. The van der Waals surface area contributed by atoms with E-state index >= 15 is 0 Å². The van der Waals surface area contributed by atoms with E-state index in [0.717, 1.165) is 29.8 Å². The van der Waals surface area contributed by atoms with Crippen LogP contribution in [0, 0.1) is 0 Å². The van der Waals surface area contributed by atoms with Crippen molar-refractivity contribution >= 4 is 36.4 Å². The van der Waals surface area contributed by atoms with Crippen molar-refractivity contribution in [3.05, 3.63) is 59.9 Å². The van der Waals surface area contributed by atoms with E-state index in [0.29, 0.717) is 6.42 Å². The number of amides is 1. The van der Waals surface area contributed by atoms with Gasteiger partial charge in [0.2, 0.25) is 5.91 Å². The van der Waals surface area contributed by atoms with Crippen molar-refractivity contribution in [3.63, 3.8) is 0 Å². The molecule has 1 aromatic carbocycles. The van der Waals surface area contributed by atoms with E-state index in [9.17, 15) is 4.79 Å². The zero-order valence-electron chi connectivity index (χ0n) is 12.4. The summed E-state index contributed by atoms with van der Waals surface area (Å²) in [6, 6.07) is 11.7. The van der Waals surface area contributed by atoms with E-state index in [1.165, 1.54) is 0 Å². The zero-order chi connectivity index (χ0) is 14.2. The molecule has 4 nitrogen and oxygen atoms in total. The summed E-state index contributed by atoms with van der Waals surface area (Å²) in [7, 11) is 1.90. The quantitative estimate of drug-likeness (QED) is 0.848. The summed E-state index contributed by atoms with van der Waals surface area (Å²) >= 11 is 0. The molecule has 0 aliphatic carbocycles. The van der Waals surface area contributed by atoms with Gasteiger partial charge in [-0.2, -0.15) is 0 Å². The number of hydrogen-bond acceptors (Lipinski definition) is 3. The van der Waals surface area contributed by atoms with Crippen molar-refractivity contribution in [1.29, 1.82) is 0 Å². The zero-order valence-corrected chi connectivity index (χ0v) is 14.0. The number of anilines is 1. The van der Waals surface area contributed by atoms with Crippen LogP contribution >= 0.6 is 24.8 Å². The number of carbonyl (C=O) groups excluding carboxylic acids is 1. The number of pyridine rings is 1. The highest BCUT2D eigenvalue weighted by molar-refractivity contribution is 5.90. The molecule has 1 amide bonds. The van der Waals surface area contributed by atoms with Gasteiger partial charge in [-0.15, -0.1) is 24.8 Å². The molecule has 2 rings (SSSR count). The summed E-state index contributed by atoms with van der Waals surface area (Å²) in [5.74, 6) is 0.0309. The van der Waals surface area contributed by atoms with Crippen LogP contribution in [0.5, 0.6) is 0 Å². The van der Waals surface area contributed by atoms with Gasteiger partial charge >= 0.3 is 0 Å². The second-order valence-electron chi connectivity index (χ2n) is 4.63. The van der Waals surface area contributed by atoms with Gasteiger partial charge in [0.15, 0.2) is 0 Å². The minimum Gasteiger partial charge on any atom is -0.326 e. The average Bonchev–Trinajstić information content (AvgIpc) is 2.47. The number of halogens is 2. The van der Waals surface area contributed by atoms with Crippen LogP contribution in [-0.4, -0.2) is 17.9 Å². The van der Waals surface area contributed by atoms with E-state index in [1.807, 2.05) is 43.4 Å². The standard InChI is InChI=1S/C16H19N3O.2ClH/c1-17-12-14-3-2-4-15(11-14)19-16(20)6-5-13-7-9-18-10-8-13;;/h2-4,7-11,17H,5-6,12H2,1H3,(H,19,20);2*1H. The fourth-order valence-electron chi connectivity index (χ4n) is 1.99. The molecule has 0 unspecified atom stereocenters. The number of aromatic nitrogens is 1. The summed E-state index contributed by atoms with van der Waals surface area (Å²) < 4.78 is 0. The molecule has 0 bridgehead atoms. The highest BCUT2D eigenvalue weighted by Crippen LogP contribution is 2.11. The lowest BCUT2D eigenvalue weighted by Crippen LogP contribution is -2.13. The van der Waals surface area contributed by atoms with Gasteiger partial charge < -0.3 is 10.6 Å². The van der Waals surface area contributed by atoms with Gasteiger partial charge in [-0.1, -0.05) is 12.1 Å². The maximum Gasteiger partial charge on any atom is 0.224 e. The third-order valence-electron chi connectivity index (χ3n) is 2.98. The molecular formula is C16H21Cl2N3O. The predicted molar refractivity (Wildman–Crippen MR) is 94.9 cm³/mol. The number of nitrogens with zero attached hydrogens (tertiary/aromatic N) is 1. The van der Waals surface area contributed by atoms with Gasteiger partial charge in [-0.25, -0.2) is 0 Å². The van der Waals surface area contributed by atoms with Gasteiger partial charge in [0.05, 0.1) is 0 Å². The lowest BCUT2D eigenvalue weighted by Gasteiger charge is -2.07. The Morgan fingerprint density at radius 3 is 2.50 bits per heavy atom. The second kappa shape index (κ2) is 11.0. The molecule has 2 aromatic rings. The van der Waals surface area contributed by atoms with Crippen molar-refractivity contribution in [2.45, 2.75) is 19.4 Å². The van der Waals surface area contributed by atoms with Gasteiger partial charge in [0.1, 0.15) is 0 Å². The summed E-state index contributed by atoms with van der Waals surface area (Å²) in [6.45, 7) is 0.792. The molecule has 0 aliphatic rings. The Morgan fingerprint density at radius 1 is 1.09 bits per heavy atom. The lowest BCUT2D eigenvalue weighted by atomic mass is 10.1. The molecule has 0 saturated heterocycles. The van der Waals surface area contributed by atoms with E-state index in [2.05, 4.69) is 15.6 Å². The number of rotatable bonds is 6. The van der Waals surface area contributed by atoms with E-state index in [-0.39, 0.29) is 30.7 Å². The highest BCUT2D eigenvalue weighted by Gasteiger charge is 2.03. The fraction of sp³-hybridized carbons (Fsp3) is 0.250. The lowest BCUT2D eigenvalue weighted by molar-refractivity contribution is -0.116. The number of benzene rings is 1. The fourth-order valence-corrected chi connectivity index (χ4v) is 1.99. The van der Waals surface area contributed by atoms with Crippen molar-refractivity contribution < 1.29 is 4.79 Å². The van der Waals surface area contributed by atoms with E-state index in [4.69, 9.17) is 0 Å². The Hall–Kier alpha value is -1.62. The topological polar surface area (TPSA) is 54.0 Å². The van der Waals surface area contributed by atoms with Crippen LogP contribution in [0.3, 0.4) is 0 Å². The Bertz CT molecular complexity index is 564. The number of carbonyl (C=O) groups is 1. The van der Waals surface area contributed by atoms with Gasteiger partial charge in [0, 0.05) is 31.0 Å². The summed E-state index contributed by atoms with van der Waals surface area (Å²) in [4.78, 5) is 15.9. The molecule has 1 heterocycles. The first kappa shape index (κ1) is 20.4. The van der Waals surface area contributed by atoms with Crippen molar-refractivity contribution in [2.75, 3.05) is 12.4 Å². The summed E-state index contributed by atoms with van der Waals surface area (Å²) in [5, 5.41) is 6.02. The maximum atomic E-state index is 11.9. The first-order valence-corrected chi connectivity index (χ1v) is 6.70. The van der Waals surface area contributed by atoms with Crippen molar-refractivity contribution in [2.24, 2.45) is 0 Å². The molecule has 0 fully saturated rings. The number of aryl methyl sites for hydroxylation is 1. The normalized spacial score (nSPS) is 9.32. The Labute approximate surface area is 143 Å². The van der Waals surface area contributed by atoms with Crippen LogP contribution < -0.4 is 10.6 Å². The molecule has 0 saturated carbocycles. The van der Waals surface area contributed by atoms with Gasteiger partial charge in [0.25, 0.3) is 0 Å². The molecule has 0 spiro atoms. The third kappa shape index (κ3) is 6.89. The minimum atomic E-state index is 0. The molecule has 0 radical (unpaired) electrons. The maximum absolute atomic E-state index is 11.9. The van der Waals surface area contributed by atoms with Crippen molar-refractivity contribution in [1.82, 2.24) is 10.3 Å². The second-order valence-corrected chi connectivity index (χ2v) is 4.63. The number of hydrogen-bond donors (Lipinski definition) is 2. The largest absolute Gasteiger partial charge is 0.326 e. The summed E-state index contributed by atoms with van der Waals surface area (Å²) in [6.07, 6.45) is 4.69. The molecule has 2 N–H and O–H groups in total. The van der Waals surface area contributed by atoms with Gasteiger partial charge in [-0.05, 0) is 48.9 Å². The number of nitrogens with one attached hydrogen (secondary N) is 2. The Kier molecular flexibility index (Phi) is 10.2. The SMILES string of the molecule is CNCc1cccc(NC(=O)CCc2ccncc2)c1.Cl.Cl. The van der Waals surface area contributed by atoms with Crippen molar-refractivity contribution in [3.8, 4) is 0 Å². The van der Waals surface area contributed by atoms with Crippen LogP contribution in [-0.2, 0) is 17.8 Å². The molecule has 6 heteroatoms. The first-order valence-electron chi connectivity index (χ1n) is 6.70. The van der Waals surface area contributed by atoms with Crippen LogP contribution in [0.2, 0.25) is 0 Å². The van der Waals surface area contributed by atoms with Crippen LogP contribution in [0.25, 0.3) is 0 Å². The molecule has 0 aliphatic heterocycles. The first-order chi connectivity index (χ1) is 9.78. The van der Waals surface area contributed by atoms with Crippen LogP contribution in [0.4, 0.5) is 5.69 Å². The smallest absolute Gasteiger partial charge is 0.224 e. The predicted octanol–water partition coefficient (Wildman–Crippen LogP) is 3.22. The molecular weight excluding hydrogens is 321 g/mol. The minimum absolute atomic E-state index is 0. The molecule has 1 aromatic heterocycles. The van der Waals surface area contributed by atoms with Crippen LogP contribution in [0.15, 0.2) is 48.8 Å². The Morgan fingerprint density at radius 2 is 1.82 bits per heavy atom. The average molecular weight is 342 g/mol. The molecule has 0 atom stereocenters. The monoisotopic (exact) mass is 341 g/mol. The van der Waals surface area contributed by atoms with Crippen LogP contribution in [0.1, 0.15) is 17.5 Å². The molecule has 120 valence electrons. The highest BCUT2D eigenvalue weighted by atomic mass is 35.5. The van der Waals surface area contributed by atoms with Gasteiger partial charge in [-0.3, -0.25) is 9.78 Å². The van der Waals surface area contributed by atoms with E-state index in [1.54, 1.807) is 12.4 Å². The molecule has 22 heavy (non-hydrogen) atoms. The summed E-state index contributed by atoms with van der Waals surface area (Å²) in [5.41, 5.74) is 3.12. The van der Waals surface area contributed by atoms with E-state index < -0.39 is 0 Å².